The summed E-state index contributed by atoms with van der Waals surface area (Å²) in [5.41, 5.74) is 1.14. The Kier molecular flexibility index (Phi) is 7.38. The standard InChI is InChI=1S/C13H22N2O2/c1-15(8-9-17-11-10-16-2)12-14-13-6-4-3-5-7-13/h3-7,14H,8-12H2,1-2H3. The Balaban J connectivity index is 2.03. The maximum Gasteiger partial charge on any atom is 0.0700 e. The number of nitrogens with zero attached hydrogens (tertiary/aromatic N) is 1. The second kappa shape index (κ2) is 8.98. The van der Waals surface area contributed by atoms with Crippen molar-refractivity contribution in [3.8, 4) is 0 Å². The van der Waals surface area contributed by atoms with Gasteiger partial charge in [-0.2, -0.15) is 0 Å². The lowest BCUT2D eigenvalue weighted by Gasteiger charge is -2.18. The highest BCUT2D eigenvalue weighted by Gasteiger charge is 1.97. The lowest BCUT2D eigenvalue weighted by molar-refractivity contribution is 0.0614. The first-order valence-corrected chi connectivity index (χ1v) is 5.87. The molecule has 96 valence electrons. The molecule has 1 N–H and O–H groups in total. The van der Waals surface area contributed by atoms with E-state index in [0.717, 1.165) is 25.5 Å². The van der Waals surface area contributed by atoms with E-state index in [4.69, 9.17) is 9.47 Å². The van der Waals surface area contributed by atoms with E-state index in [2.05, 4.69) is 29.4 Å². The van der Waals surface area contributed by atoms with Crippen molar-refractivity contribution < 1.29 is 9.47 Å². The molecule has 0 aliphatic rings. The van der Waals surface area contributed by atoms with Crippen LogP contribution in [0.5, 0.6) is 0 Å². The third-order valence-electron chi connectivity index (χ3n) is 2.38. The largest absolute Gasteiger partial charge is 0.382 e. The van der Waals surface area contributed by atoms with Crippen LogP contribution in [0.1, 0.15) is 0 Å². The Hall–Kier alpha value is -1.10. The number of methoxy groups -OCH3 is 1. The fourth-order valence-electron chi connectivity index (χ4n) is 1.33. The lowest BCUT2D eigenvalue weighted by atomic mass is 10.3. The van der Waals surface area contributed by atoms with Crippen molar-refractivity contribution in [1.82, 2.24) is 4.90 Å². The predicted octanol–water partition coefficient (Wildman–Crippen LogP) is 1.65. The summed E-state index contributed by atoms with van der Waals surface area (Å²) in [6, 6.07) is 10.2. The fourth-order valence-corrected chi connectivity index (χ4v) is 1.33. The van der Waals surface area contributed by atoms with Crippen molar-refractivity contribution >= 4 is 5.69 Å². The van der Waals surface area contributed by atoms with Gasteiger partial charge in [-0.25, -0.2) is 0 Å². The van der Waals surface area contributed by atoms with Crippen LogP contribution in [0.3, 0.4) is 0 Å². The van der Waals surface area contributed by atoms with Crippen molar-refractivity contribution in [3.63, 3.8) is 0 Å². The molecule has 0 atom stereocenters. The quantitative estimate of drug-likeness (QED) is 0.524. The summed E-state index contributed by atoms with van der Waals surface area (Å²) >= 11 is 0. The Bertz CT molecular complexity index is 280. The van der Waals surface area contributed by atoms with Gasteiger partial charge in [0.05, 0.1) is 26.5 Å². The molecule has 0 radical (unpaired) electrons. The summed E-state index contributed by atoms with van der Waals surface area (Å²) in [7, 11) is 3.74. The number of para-hydroxylation sites is 1. The van der Waals surface area contributed by atoms with Crippen LogP contribution in [0.2, 0.25) is 0 Å². The molecular weight excluding hydrogens is 216 g/mol. The van der Waals surface area contributed by atoms with E-state index < -0.39 is 0 Å². The highest BCUT2D eigenvalue weighted by Crippen LogP contribution is 2.04. The van der Waals surface area contributed by atoms with Crippen molar-refractivity contribution in [2.75, 3.05) is 52.5 Å². The van der Waals surface area contributed by atoms with Crippen molar-refractivity contribution in [2.24, 2.45) is 0 Å². The highest BCUT2D eigenvalue weighted by atomic mass is 16.5. The Labute approximate surface area is 104 Å². The minimum atomic E-state index is 0.659. The molecule has 1 aromatic rings. The molecule has 0 amide bonds. The third-order valence-corrected chi connectivity index (χ3v) is 2.38. The minimum Gasteiger partial charge on any atom is -0.382 e. The molecule has 0 fully saturated rings. The molecule has 0 aliphatic heterocycles. The van der Waals surface area contributed by atoms with E-state index in [0.29, 0.717) is 13.2 Å². The van der Waals surface area contributed by atoms with E-state index in [1.807, 2.05) is 18.2 Å². The topological polar surface area (TPSA) is 33.7 Å². The Morgan fingerprint density at radius 2 is 1.88 bits per heavy atom. The van der Waals surface area contributed by atoms with Gasteiger partial charge in [0.15, 0.2) is 0 Å². The SMILES string of the molecule is COCCOCCN(C)CNc1ccccc1. The van der Waals surface area contributed by atoms with Gasteiger partial charge in [-0.3, -0.25) is 4.90 Å². The molecule has 0 bridgehead atoms. The van der Waals surface area contributed by atoms with E-state index in [9.17, 15) is 0 Å². The molecule has 0 spiro atoms. The summed E-state index contributed by atoms with van der Waals surface area (Å²) < 4.78 is 10.3. The van der Waals surface area contributed by atoms with Crippen molar-refractivity contribution in [1.29, 1.82) is 0 Å². The van der Waals surface area contributed by atoms with Crippen LogP contribution in [0, 0.1) is 0 Å². The zero-order valence-corrected chi connectivity index (χ0v) is 10.7. The average molecular weight is 238 g/mol. The first kappa shape index (κ1) is 14.0. The predicted molar refractivity (Wildman–Crippen MR) is 70.3 cm³/mol. The first-order valence-electron chi connectivity index (χ1n) is 5.87. The summed E-state index contributed by atoms with van der Waals surface area (Å²) in [6.07, 6.45) is 0. The molecule has 0 aromatic heterocycles. The van der Waals surface area contributed by atoms with Gasteiger partial charge in [0.25, 0.3) is 0 Å². The number of ether oxygens (including phenoxy) is 2. The molecule has 4 heteroatoms. The summed E-state index contributed by atoms with van der Waals surface area (Å²) in [6.45, 7) is 3.78. The van der Waals surface area contributed by atoms with Crippen LogP contribution in [0.15, 0.2) is 30.3 Å². The Morgan fingerprint density at radius 3 is 2.59 bits per heavy atom. The van der Waals surface area contributed by atoms with Gasteiger partial charge in [-0.05, 0) is 19.2 Å². The van der Waals surface area contributed by atoms with Crippen LogP contribution >= 0.6 is 0 Å². The van der Waals surface area contributed by atoms with Crippen LogP contribution in [-0.2, 0) is 9.47 Å². The van der Waals surface area contributed by atoms with Gasteiger partial charge in [0.2, 0.25) is 0 Å². The molecule has 0 saturated heterocycles. The van der Waals surface area contributed by atoms with Gasteiger partial charge in [0, 0.05) is 19.3 Å². The van der Waals surface area contributed by atoms with Crippen LogP contribution in [0.4, 0.5) is 5.69 Å². The summed E-state index contributed by atoms with van der Waals surface area (Å²) in [5, 5.41) is 3.34. The maximum atomic E-state index is 5.40. The van der Waals surface area contributed by atoms with Gasteiger partial charge >= 0.3 is 0 Å². The number of benzene rings is 1. The zero-order valence-electron chi connectivity index (χ0n) is 10.7. The van der Waals surface area contributed by atoms with Crippen LogP contribution in [-0.4, -0.2) is 52.1 Å². The molecular formula is C13H22N2O2. The summed E-state index contributed by atoms with van der Waals surface area (Å²) in [5.74, 6) is 0. The van der Waals surface area contributed by atoms with E-state index >= 15 is 0 Å². The molecule has 17 heavy (non-hydrogen) atoms. The number of nitrogens with one attached hydrogen (secondary N) is 1. The van der Waals surface area contributed by atoms with Gasteiger partial charge < -0.3 is 14.8 Å². The molecule has 1 rings (SSSR count). The van der Waals surface area contributed by atoms with E-state index in [1.165, 1.54) is 0 Å². The molecule has 0 heterocycles. The molecule has 4 nitrogen and oxygen atoms in total. The van der Waals surface area contributed by atoms with Gasteiger partial charge in [0.1, 0.15) is 0 Å². The highest BCUT2D eigenvalue weighted by molar-refractivity contribution is 5.42. The number of likely N-dealkylation sites (N-methyl/N-ethyl adjacent to an activating group) is 1. The average Bonchev–Trinajstić information content (AvgIpc) is 2.37. The second-order valence-electron chi connectivity index (χ2n) is 3.89. The van der Waals surface area contributed by atoms with E-state index in [1.54, 1.807) is 7.11 Å². The smallest absolute Gasteiger partial charge is 0.0700 e. The first-order chi connectivity index (χ1) is 8.33. The Morgan fingerprint density at radius 1 is 1.12 bits per heavy atom. The molecule has 0 saturated carbocycles. The number of rotatable bonds is 9. The number of hydrogen-bond acceptors (Lipinski definition) is 4. The molecule has 0 aliphatic carbocycles. The van der Waals surface area contributed by atoms with Crippen LogP contribution in [0.25, 0.3) is 0 Å². The van der Waals surface area contributed by atoms with Crippen molar-refractivity contribution in [2.45, 2.75) is 0 Å². The van der Waals surface area contributed by atoms with Gasteiger partial charge in [-0.15, -0.1) is 0 Å². The molecule has 1 aromatic carbocycles. The third kappa shape index (κ3) is 6.94. The fraction of sp³-hybridized carbons (Fsp3) is 0.538. The zero-order chi connectivity index (χ0) is 12.3. The molecule has 0 unspecified atom stereocenters. The van der Waals surface area contributed by atoms with Crippen molar-refractivity contribution in [3.05, 3.63) is 30.3 Å². The second-order valence-corrected chi connectivity index (χ2v) is 3.89. The minimum absolute atomic E-state index is 0.659. The monoisotopic (exact) mass is 238 g/mol. The van der Waals surface area contributed by atoms with Crippen LogP contribution < -0.4 is 5.32 Å². The number of anilines is 1. The van der Waals surface area contributed by atoms with Gasteiger partial charge in [-0.1, -0.05) is 18.2 Å². The maximum absolute atomic E-state index is 5.40. The normalized spacial score (nSPS) is 10.8. The van der Waals surface area contributed by atoms with E-state index in [-0.39, 0.29) is 0 Å². The summed E-state index contributed by atoms with van der Waals surface area (Å²) in [4.78, 5) is 2.18. The lowest BCUT2D eigenvalue weighted by Crippen LogP contribution is -2.29. The number of hydrogen-bond donors (Lipinski definition) is 1.